The quantitative estimate of drug-likeness (QED) is 0.530. The highest BCUT2D eigenvalue weighted by Gasteiger charge is 2.24. The van der Waals surface area contributed by atoms with Gasteiger partial charge in [0.1, 0.15) is 0 Å². The van der Waals surface area contributed by atoms with Crippen molar-refractivity contribution >= 4 is 21.4 Å². The molecule has 0 saturated carbocycles. The van der Waals surface area contributed by atoms with Gasteiger partial charge >= 0.3 is 0 Å². The summed E-state index contributed by atoms with van der Waals surface area (Å²) >= 11 is 1.45. The van der Waals surface area contributed by atoms with E-state index < -0.39 is 0 Å². The van der Waals surface area contributed by atoms with Crippen LogP contribution in [0.25, 0.3) is 16.3 Å². The highest BCUT2D eigenvalue weighted by atomic mass is 32.1. The third kappa shape index (κ3) is 2.88. The summed E-state index contributed by atoms with van der Waals surface area (Å²) in [5.41, 5.74) is 1.77. The Morgan fingerprint density at radius 1 is 1.14 bits per heavy atom. The zero-order valence-corrected chi connectivity index (χ0v) is 16.3. The van der Waals surface area contributed by atoms with Gasteiger partial charge in [-0.1, -0.05) is 55.0 Å². The molecule has 28 heavy (non-hydrogen) atoms. The van der Waals surface area contributed by atoms with Crippen molar-refractivity contribution in [2.24, 2.45) is 0 Å². The molecule has 0 N–H and O–H groups in total. The van der Waals surface area contributed by atoms with Crippen molar-refractivity contribution < 1.29 is 0 Å². The summed E-state index contributed by atoms with van der Waals surface area (Å²) in [6, 6.07) is 11.7. The van der Waals surface area contributed by atoms with Gasteiger partial charge in [0.2, 0.25) is 10.1 Å². The van der Waals surface area contributed by atoms with Crippen LogP contribution in [0.4, 0.5) is 5.13 Å². The maximum atomic E-state index is 12.4. The van der Waals surface area contributed by atoms with E-state index in [4.69, 9.17) is 0 Å². The molecule has 1 aromatic carbocycles. The van der Waals surface area contributed by atoms with Gasteiger partial charge in [0.25, 0.3) is 5.56 Å². The number of anilines is 1. The second-order valence-electron chi connectivity index (χ2n) is 6.79. The van der Waals surface area contributed by atoms with Crippen LogP contribution in [-0.4, -0.2) is 35.9 Å². The Balaban J connectivity index is 1.46. The maximum absolute atomic E-state index is 12.4. The third-order valence-corrected chi connectivity index (χ3v) is 5.82. The minimum Gasteiger partial charge on any atom is -0.337 e. The van der Waals surface area contributed by atoms with Crippen LogP contribution in [0, 0.1) is 0 Å². The Morgan fingerprint density at radius 2 is 2.00 bits per heavy atom. The van der Waals surface area contributed by atoms with Gasteiger partial charge in [-0.25, -0.2) is 4.98 Å². The summed E-state index contributed by atoms with van der Waals surface area (Å²) in [6.45, 7) is 4.23. The molecule has 0 aliphatic carbocycles. The van der Waals surface area contributed by atoms with Gasteiger partial charge < -0.3 is 9.47 Å². The van der Waals surface area contributed by atoms with Crippen molar-refractivity contribution in [3.05, 3.63) is 58.3 Å². The minimum absolute atomic E-state index is 0.123. The topological polar surface area (TPSA) is 81.2 Å². The van der Waals surface area contributed by atoms with E-state index in [2.05, 4.69) is 36.7 Å². The zero-order valence-electron chi connectivity index (χ0n) is 15.4. The molecule has 0 saturated heterocycles. The first-order valence-corrected chi connectivity index (χ1v) is 10.2. The molecule has 0 amide bonds. The number of hydrogen-bond acceptors (Lipinski definition) is 7. The SMILES string of the molecule is CCCc1cc(=O)n2nc(N3CCn4c(nnc4-c4ccccc4)C3)sc2n1. The molecule has 3 aromatic heterocycles. The summed E-state index contributed by atoms with van der Waals surface area (Å²) < 4.78 is 3.55. The van der Waals surface area contributed by atoms with Crippen LogP contribution in [0.5, 0.6) is 0 Å². The van der Waals surface area contributed by atoms with Crippen LogP contribution in [0.2, 0.25) is 0 Å². The lowest BCUT2D eigenvalue weighted by atomic mass is 10.2. The van der Waals surface area contributed by atoms with E-state index in [1.807, 2.05) is 30.3 Å². The number of hydrogen-bond donors (Lipinski definition) is 0. The van der Waals surface area contributed by atoms with E-state index in [9.17, 15) is 4.79 Å². The smallest absolute Gasteiger partial charge is 0.275 e. The predicted molar refractivity (Wildman–Crippen MR) is 108 cm³/mol. The lowest BCUT2D eigenvalue weighted by molar-refractivity contribution is 0.560. The first kappa shape index (κ1) is 17.1. The standard InChI is InChI=1S/C19H19N7OS/c1-2-6-14-11-16(27)26-18(20-14)28-19(23-26)24-9-10-25-15(12-24)21-22-17(25)13-7-4-3-5-8-13/h3-5,7-8,11H,2,6,9-10,12H2,1H3. The van der Waals surface area contributed by atoms with Crippen molar-refractivity contribution in [1.82, 2.24) is 29.4 Å². The molecule has 0 radical (unpaired) electrons. The van der Waals surface area contributed by atoms with Crippen LogP contribution >= 0.6 is 11.3 Å². The number of nitrogens with zero attached hydrogens (tertiary/aromatic N) is 7. The fourth-order valence-electron chi connectivity index (χ4n) is 3.48. The summed E-state index contributed by atoms with van der Waals surface area (Å²) in [6.07, 6.45) is 1.76. The maximum Gasteiger partial charge on any atom is 0.275 e. The predicted octanol–water partition coefficient (Wildman–Crippen LogP) is 2.38. The van der Waals surface area contributed by atoms with Gasteiger partial charge in [-0.2, -0.15) is 4.52 Å². The first-order valence-electron chi connectivity index (χ1n) is 9.35. The Labute approximate surface area is 165 Å². The molecule has 1 aliphatic rings. The summed E-state index contributed by atoms with van der Waals surface area (Å²) in [7, 11) is 0. The molecule has 5 rings (SSSR count). The molecule has 0 unspecified atom stereocenters. The molecular weight excluding hydrogens is 374 g/mol. The Hall–Kier alpha value is -3.07. The van der Waals surface area contributed by atoms with Crippen molar-refractivity contribution in [3.63, 3.8) is 0 Å². The number of fused-ring (bicyclic) bond motifs is 2. The van der Waals surface area contributed by atoms with Gasteiger partial charge in [-0.15, -0.1) is 15.3 Å². The third-order valence-electron chi connectivity index (χ3n) is 4.85. The minimum atomic E-state index is -0.123. The Bertz CT molecular complexity index is 1190. The molecule has 9 heteroatoms. The van der Waals surface area contributed by atoms with Gasteiger partial charge in [-0.05, 0) is 6.42 Å². The fraction of sp³-hybridized carbons (Fsp3) is 0.316. The molecule has 0 bridgehead atoms. The number of benzene rings is 1. The van der Waals surface area contributed by atoms with E-state index in [-0.39, 0.29) is 5.56 Å². The highest BCUT2D eigenvalue weighted by molar-refractivity contribution is 7.20. The lowest BCUT2D eigenvalue weighted by Gasteiger charge is -2.26. The van der Waals surface area contributed by atoms with Gasteiger partial charge in [0.05, 0.1) is 6.54 Å². The fourth-order valence-corrected chi connectivity index (χ4v) is 4.43. The van der Waals surface area contributed by atoms with Gasteiger partial charge in [0.15, 0.2) is 11.6 Å². The summed E-state index contributed by atoms with van der Waals surface area (Å²) in [4.78, 5) is 19.7. The first-order chi connectivity index (χ1) is 13.7. The Kier molecular flexibility index (Phi) is 4.16. The molecular formula is C19H19N7OS. The normalized spacial score (nSPS) is 13.8. The molecule has 0 spiro atoms. The van der Waals surface area contributed by atoms with Crippen molar-refractivity contribution in [2.75, 3.05) is 11.4 Å². The van der Waals surface area contributed by atoms with Crippen molar-refractivity contribution in [2.45, 2.75) is 32.9 Å². The second kappa shape index (κ2) is 6.83. The molecule has 0 atom stereocenters. The highest BCUT2D eigenvalue weighted by Crippen LogP contribution is 2.27. The van der Waals surface area contributed by atoms with E-state index in [1.165, 1.54) is 15.9 Å². The summed E-state index contributed by atoms with van der Waals surface area (Å²) in [5, 5.41) is 14.1. The second-order valence-corrected chi connectivity index (χ2v) is 7.73. The van der Waals surface area contributed by atoms with Crippen LogP contribution in [0.3, 0.4) is 0 Å². The summed E-state index contributed by atoms with van der Waals surface area (Å²) in [5.74, 6) is 1.79. The molecule has 4 heterocycles. The number of aromatic nitrogens is 6. The van der Waals surface area contributed by atoms with Crippen LogP contribution in [-0.2, 0) is 19.5 Å². The number of rotatable bonds is 4. The van der Waals surface area contributed by atoms with Gasteiger partial charge in [-0.3, -0.25) is 4.79 Å². The lowest BCUT2D eigenvalue weighted by Crippen LogP contribution is -2.34. The van der Waals surface area contributed by atoms with Crippen molar-refractivity contribution in [1.29, 1.82) is 0 Å². The molecule has 4 aromatic rings. The molecule has 142 valence electrons. The van der Waals surface area contributed by atoms with Crippen molar-refractivity contribution in [3.8, 4) is 11.4 Å². The average Bonchev–Trinajstić information content (AvgIpc) is 3.33. The van der Waals surface area contributed by atoms with Crippen LogP contribution < -0.4 is 10.5 Å². The average molecular weight is 393 g/mol. The van der Waals surface area contributed by atoms with E-state index >= 15 is 0 Å². The van der Waals surface area contributed by atoms with Gasteiger partial charge in [0, 0.05) is 30.4 Å². The Morgan fingerprint density at radius 3 is 2.82 bits per heavy atom. The number of aryl methyl sites for hydroxylation is 1. The van der Waals surface area contributed by atoms with E-state index in [1.54, 1.807) is 6.07 Å². The zero-order chi connectivity index (χ0) is 19.1. The van der Waals surface area contributed by atoms with E-state index in [0.717, 1.165) is 54.0 Å². The van der Waals surface area contributed by atoms with E-state index in [0.29, 0.717) is 11.5 Å². The van der Waals surface area contributed by atoms with Crippen LogP contribution in [0.1, 0.15) is 24.9 Å². The molecule has 1 aliphatic heterocycles. The molecule has 0 fully saturated rings. The monoisotopic (exact) mass is 393 g/mol. The molecule has 8 nitrogen and oxygen atoms in total. The largest absolute Gasteiger partial charge is 0.337 e. The van der Waals surface area contributed by atoms with Crippen LogP contribution in [0.15, 0.2) is 41.2 Å².